The number of unbranched alkanes of at least 4 members (excludes halogenated alkanes) is 8. The number of amides is 2. The van der Waals surface area contributed by atoms with Crippen molar-refractivity contribution in [1.82, 2.24) is 10.6 Å². The Morgan fingerprint density at radius 3 is 1.43 bits per heavy atom. The molecule has 0 saturated carbocycles. The van der Waals surface area contributed by atoms with Crippen molar-refractivity contribution >= 4 is 17.8 Å². The van der Waals surface area contributed by atoms with E-state index in [1.807, 2.05) is 6.92 Å². The Kier molecular flexibility index (Phi) is 21.8. The molecule has 3 atom stereocenters. The number of carbonyl (C=O) groups excluding carboxylic acids is 3. The molecule has 11 nitrogen and oxygen atoms in total. The minimum atomic E-state index is -1.58. The number of ether oxygens (including phenoxy) is 1. The average Bonchev–Trinajstić information content (AvgIpc) is 3.02. The summed E-state index contributed by atoms with van der Waals surface area (Å²) in [5.41, 5.74) is -4.07. The zero-order chi connectivity index (χ0) is 33.7. The number of aliphatic hydroxyl groups is 5. The van der Waals surface area contributed by atoms with Crippen molar-refractivity contribution in [2.75, 3.05) is 33.0 Å². The smallest absolute Gasteiger partial charge is 0.306 e. The van der Waals surface area contributed by atoms with E-state index in [0.717, 1.165) is 25.7 Å². The van der Waals surface area contributed by atoms with Crippen molar-refractivity contribution < 1.29 is 44.7 Å². The summed E-state index contributed by atoms with van der Waals surface area (Å²) in [7, 11) is 0. The summed E-state index contributed by atoms with van der Waals surface area (Å²) in [5.74, 6) is -2.63. The van der Waals surface area contributed by atoms with E-state index in [9.17, 15) is 39.9 Å². The predicted octanol–water partition coefficient (Wildman–Crippen LogP) is 3.12. The maximum absolute atomic E-state index is 13.4. The van der Waals surface area contributed by atoms with Crippen LogP contribution in [0.15, 0.2) is 0 Å². The normalized spacial score (nSPS) is 14.9. The third-order valence-corrected chi connectivity index (χ3v) is 8.89. The summed E-state index contributed by atoms with van der Waals surface area (Å²) in [6.45, 7) is 6.21. The molecule has 3 unspecified atom stereocenters. The topological polar surface area (TPSA) is 186 Å². The molecule has 0 aliphatic carbocycles. The molecule has 0 aromatic carbocycles. The van der Waals surface area contributed by atoms with Crippen LogP contribution in [-0.2, 0) is 19.1 Å². The lowest BCUT2D eigenvalue weighted by molar-refractivity contribution is -0.162. The molecule has 0 saturated heterocycles. The Morgan fingerprint density at radius 1 is 0.636 bits per heavy atom. The number of nitrogens with one attached hydrogen (secondary N) is 2. The molecule has 11 heteroatoms. The molecule has 0 aliphatic heterocycles. The largest absolute Gasteiger partial charge is 0.459 e. The van der Waals surface area contributed by atoms with E-state index in [2.05, 4.69) is 17.6 Å². The summed E-state index contributed by atoms with van der Waals surface area (Å²) >= 11 is 0. The monoisotopic (exact) mass is 632 g/mol. The van der Waals surface area contributed by atoms with Gasteiger partial charge in [-0.15, -0.1) is 0 Å². The molecular formula is C33H64N2O9. The molecule has 2 amide bonds. The summed E-state index contributed by atoms with van der Waals surface area (Å²) in [4.78, 5) is 39.1. The first-order chi connectivity index (χ1) is 20.9. The molecule has 0 bridgehead atoms. The van der Waals surface area contributed by atoms with Gasteiger partial charge in [0.1, 0.15) is 11.1 Å². The molecular weight excluding hydrogens is 568 g/mol. The standard InChI is InChI=1S/C33H64N2O9/c1-6-10-11-12-13-14-15-16-17-18-28(41)44-31(5,9-4)20-32(21-36,22-37)34-29(42)26(7-2)19-27(8-3)30(43)35-33(23-38,24-39)25-40/h26-27,36-40H,6-25H2,1-5H3,(H,34,42)(H,35,43). The molecule has 0 fully saturated rings. The lowest BCUT2D eigenvalue weighted by atomic mass is 9.83. The van der Waals surface area contributed by atoms with Crippen LogP contribution >= 0.6 is 0 Å². The second-order valence-corrected chi connectivity index (χ2v) is 12.8. The summed E-state index contributed by atoms with van der Waals surface area (Å²) in [6, 6.07) is 0. The van der Waals surface area contributed by atoms with Gasteiger partial charge in [0.05, 0.1) is 38.6 Å². The molecule has 44 heavy (non-hydrogen) atoms. The van der Waals surface area contributed by atoms with Gasteiger partial charge in [0.25, 0.3) is 0 Å². The van der Waals surface area contributed by atoms with E-state index in [4.69, 9.17) is 4.74 Å². The summed E-state index contributed by atoms with van der Waals surface area (Å²) in [6.07, 6.45) is 11.8. The number of carbonyl (C=O) groups is 3. The van der Waals surface area contributed by atoms with Gasteiger partial charge in [0.15, 0.2) is 0 Å². The average molecular weight is 633 g/mol. The van der Waals surface area contributed by atoms with Gasteiger partial charge < -0.3 is 40.9 Å². The zero-order valence-electron chi connectivity index (χ0n) is 28.2. The van der Waals surface area contributed by atoms with Gasteiger partial charge in [0.2, 0.25) is 11.8 Å². The lowest BCUT2D eigenvalue weighted by Crippen LogP contribution is -2.60. The molecule has 0 aliphatic rings. The Bertz CT molecular complexity index is 794. The Hall–Kier alpha value is -1.79. The van der Waals surface area contributed by atoms with Gasteiger partial charge in [-0.1, -0.05) is 79.1 Å². The molecule has 260 valence electrons. The quantitative estimate of drug-likeness (QED) is 0.0528. The van der Waals surface area contributed by atoms with Crippen molar-refractivity contribution in [2.45, 2.75) is 148 Å². The fraction of sp³-hybridized carbons (Fsp3) is 0.909. The van der Waals surface area contributed by atoms with Crippen molar-refractivity contribution in [3.63, 3.8) is 0 Å². The van der Waals surface area contributed by atoms with E-state index >= 15 is 0 Å². The molecule has 0 heterocycles. The van der Waals surface area contributed by atoms with Gasteiger partial charge in [-0.3, -0.25) is 14.4 Å². The first-order valence-electron chi connectivity index (χ1n) is 16.8. The molecule has 0 radical (unpaired) electrons. The van der Waals surface area contributed by atoms with E-state index in [0.29, 0.717) is 19.3 Å². The number of hydrogen-bond donors (Lipinski definition) is 7. The van der Waals surface area contributed by atoms with Gasteiger partial charge in [-0.2, -0.15) is 0 Å². The third-order valence-electron chi connectivity index (χ3n) is 8.89. The van der Waals surface area contributed by atoms with Crippen LogP contribution in [0.2, 0.25) is 0 Å². The SMILES string of the molecule is CCCCCCCCCCCC(=O)OC(C)(CC)CC(CO)(CO)NC(=O)C(CC)CC(CC)C(=O)NC(CO)(CO)CO. The number of hydrogen-bond acceptors (Lipinski definition) is 9. The van der Waals surface area contributed by atoms with Gasteiger partial charge in [0, 0.05) is 24.7 Å². The molecule has 0 aromatic heterocycles. The fourth-order valence-electron chi connectivity index (χ4n) is 5.40. The number of rotatable bonds is 27. The molecule has 7 N–H and O–H groups in total. The first kappa shape index (κ1) is 42.2. The number of aliphatic hydroxyl groups excluding tert-OH is 5. The van der Waals surface area contributed by atoms with Crippen molar-refractivity contribution in [2.24, 2.45) is 11.8 Å². The maximum atomic E-state index is 13.4. The van der Waals surface area contributed by atoms with Crippen LogP contribution in [0.3, 0.4) is 0 Å². The van der Waals surface area contributed by atoms with E-state index in [1.165, 1.54) is 32.1 Å². The Morgan fingerprint density at radius 2 is 1.05 bits per heavy atom. The zero-order valence-corrected chi connectivity index (χ0v) is 28.2. The summed E-state index contributed by atoms with van der Waals surface area (Å²) in [5, 5.41) is 54.7. The summed E-state index contributed by atoms with van der Waals surface area (Å²) < 4.78 is 5.85. The number of esters is 1. The highest BCUT2D eigenvalue weighted by molar-refractivity contribution is 5.83. The van der Waals surface area contributed by atoms with Crippen LogP contribution in [0.25, 0.3) is 0 Å². The van der Waals surface area contributed by atoms with E-state index in [1.54, 1.807) is 20.8 Å². The van der Waals surface area contributed by atoms with Crippen molar-refractivity contribution in [1.29, 1.82) is 0 Å². The van der Waals surface area contributed by atoms with Crippen LogP contribution in [0.5, 0.6) is 0 Å². The lowest BCUT2D eigenvalue weighted by Gasteiger charge is -2.40. The van der Waals surface area contributed by atoms with Crippen LogP contribution in [-0.4, -0.2) is 93.0 Å². The minimum Gasteiger partial charge on any atom is -0.459 e. The molecule has 0 rings (SSSR count). The highest BCUT2D eigenvalue weighted by Crippen LogP contribution is 2.30. The van der Waals surface area contributed by atoms with Crippen molar-refractivity contribution in [3.8, 4) is 0 Å². The first-order valence-corrected chi connectivity index (χ1v) is 16.8. The predicted molar refractivity (Wildman–Crippen MR) is 171 cm³/mol. The van der Waals surface area contributed by atoms with Crippen LogP contribution in [0.4, 0.5) is 0 Å². The fourth-order valence-corrected chi connectivity index (χ4v) is 5.40. The van der Waals surface area contributed by atoms with Crippen molar-refractivity contribution in [3.05, 3.63) is 0 Å². The van der Waals surface area contributed by atoms with Gasteiger partial charge in [-0.25, -0.2) is 0 Å². The van der Waals surface area contributed by atoms with Gasteiger partial charge in [-0.05, 0) is 39.0 Å². The Labute approximate surface area is 265 Å². The molecule has 0 spiro atoms. The second-order valence-electron chi connectivity index (χ2n) is 12.8. The van der Waals surface area contributed by atoms with Crippen LogP contribution in [0, 0.1) is 11.8 Å². The van der Waals surface area contributed by atoms with Gasteiger partial charge >= 0.3 is 5.97 Å². The third kappa shape index (κ3) is 15.0. The Balaban J connectivity index is 5.27. The van der Waals surface area contributed by atoms with Crippen LogP contribution in [0.1, 0.15) is 131 Å². The molecule has 0 aromatic rings. The maximum Gasteiger partial charge on any atom is 0.306 e. The van der Waals surface area contributed by atoms with E-state index in [-0.39, 0.29) is 25.2 Å². The second kappa shape index (κ2) is 22.7. The van der Waals surface area contributed by atoms with Crippen LogP contribution < -0.4 is 10.6 Å². The minimum absolute atomic E-state index is 0.00110. The highest BCUT2D eigenvalue weighted by Gasteiger charge is 2.42. The van der Waals surface area contributed by atoms with E-state index < -0.39 is 73.4 Å². The highest BCUT2D eigenvalue weighted by atomic mass is 16.6.